The van der Waals surface area contributed by atoms with Crippen molar-refractivity contribution in [2.75, 3.05) is 32.3 Å². The smallest absolute Gasteiger partial charge is 0.321 e. The molecule has 9 heteroatoms. The molecule has 0 atom stereocenters. The first-order valence-corrected chi connectivity index (χ1v) is 14.4. The van der Waals surface area contributed by atoms with Crippen molar-refractivity contribution in [3.05, 3.63) is 66.6 Å². The number of ether oxygens (including phenoxy) is 4. The quantitative estimate of drug-likeness (QED) is 0.294. The van der Waals surface area contributed by atoms with E-state index in [4.69, 9.17) is 23.9 Å². The summed E-state index contributed by atoms with van der Waals surface area (Å²) in [7, 11) is 1.64. The van der Waals surface area contributed by atoms with Gasteiger partial charge in [0.15, 0.2) is 23.0 Å². The summed E-state index contributed by atoms with van der Waals surface area (Å²) >= 11 is 0. The highest BCUT2D eigenvalue weighted by atomic mass is 16.7. The Morgan fingerprint density at radius 3 is 2.61 bits per heavy atom. The number of aromatic nitrogens is 2. The first-order chi connectivity index (χ1) is 20.2. The molecule has 4 heterocycles. The van der Waals surface area contributed by atoms with Crippen molar-refractivity contribution in [3.8, 4) is 34.3 Å². The number of amides is 2. The van der Waals surface area contributed by atoms with E-state index in [-0.39, 0.29) is 24.8 Å². The van der Waals surface area contributed by atoms with E-state index in [0.717, 1.165) is 59.8 Å². The van der Waals surface area contributed by atoms with Crippen LogP contribution in [0.15, 0.2) is 60.8 Å². The molecule has 2 aromatic carbocycles. The van der Waals surface area contributed by atoms with Gasteiger partial charge in [-0.3, -0.25) is 0 Å². The molecule has 41 heavy (non-hydrogen) atoms. The van der Waals surface area contributed by atoms with Gasteiger partial charge in [-0.1, -0.05) is 6.07 Å². The van der Waals surface area contributed by atoms with Crippen LogP contribution in [0.4, 0.5) is 10.5 Å². The van der Waals surface area contributed by atoms with Crippen LogP contribution in [0.25, 0.3) is 16.8 Å². The Morgan fingerprint density at radius 1 is 0.951 bits per heavy atom. The predicted octanol–water partition coefficient (Wildman–Crippen LogP) is 6.47. The predicted molar refractivity (Wildman–Crippen MR) is 155 cm³/mol. The highest BCUT2D eigenvalue weighted by molar-refractivity contribution is 5.90. The van der Waals surface area contributed by atoms with Gasteiger partial charge < -0.3 is 33.6 Å². The minimum Gasteiger partial charge on any atom is -0.493 e. The molecule has 0 bridgehead atoms. The van der Waals surface area contributed by atoms with Gasteiger partial charge in [-0.2, -0.15) is 0 Å². The standard InChI is InChI=1S/C32H34N4O5/c1-38-26-12-10-23(19-29(26)41-24-6-2-3-7-24)33-32(37)35-16-13-21(14-17-35)31-34-30(25-8-4-5-15-36(25)31)22-9-11-27-28(18-22)40-20-39-27/h4-5,8-12,15,18-19,21,24H,2-3,6-7,13-14,16-17,20H2,1H3,(H,33,37). The van der Waals surface area contributed by atoms with Crippen LogP contribution < -0.4 is 24.3 Å². The molecule has 212 valence electrons. The molecule has 3 aliphatic rings. The maximum atomic E-state index is 13.2. The Bertz CT molecular complexity index is 1570. The third-order valence-corrected chi connectivity index (χ3v) is 8.38. The zero-order valence-electron chi connectivity index (χ0n) is 23.2. The molecular weight excluding hydrogens is 520 g/mol. The molecular formula is C32H34N4O5. The Labute approximate surface area is 239 Å². The van der Waals surface area contributed by atoms with Crippen LogP contribution in [-0.4, -0.2) is 53.4 Å². The lowest BCUT2D eigenvalue weighted by Gasteiger charge is -2.31. The SMILES string of the molecule is COc1ccc(NC(=O)N2CCC(c3nc(-c4ccc5c(c4)OCO5)c4ccccn34)CC2)cc1OC1CCCC1. The minimum atomic E-state index is -0.102. The van der Waals surface area contributed by atoms with E-state index in [0.29, 0.717) is 30.3 Å². The lowest BCUT2D eigenvalue weighted by atomic mass is 9.96. The van der Waals surface area contributed by atoms with Crippen LogP contribution in [0.3, 0.4) is 0 Å². The maximum absolute atomic E-state index is 13.2. The largest absolute Gasteiger partial charge is 0.493 e. The number of anilines is 1. The van der Waals surface area contributed by atoms with Gasteiger partial charge in [-0.05, 0) is 81.0 Å². The fourth-order valence-corrected chi connectivity index (χ4v) is 6.18. The average Bonchev–Trinajstić information content (AvgIpc) is 3.77. The third-order valence-electron chi connectivity index (χ3n) is 8.38. The Morgan fingerprint density at radius 2 is 1.78 bits per heavy atom. The molecule has 0 unspecified atom stereocenters. The van der Waals surface area contributed by atoms with Crippen LogP contribution in [-0.2, 0) is 0 Å². The zero-order valence-corrected chi connectivity index (χ0v) is 23.2. The van der Waals surface area contributed by atoms with Gasteiger partial charge in [0, 0.05) is 42.5 Å². The van der Waals surface area contributed by atoms with Gasteiger partial charge in [0.2, 0.25) is 6.79 Å². The monoisotopic (exact) mass is 554 g/mol. The summed E-state index contributed by atoms with van der Waals surface area (Å²) in [6.07, 6.45) is 8.43. The summed E-state index contributed by atoms with van der Waals surface area (Å²) in [4.78, 5) is 20.2. The molecule has 0 radical (unpaired) electrons. The van der Waals surface area contributed by atoms with E-state index in [1.165, 1.54) is 12.8 Å². The van der Waals surface area contributed by atoms with Crippen LogP contribution in [0.5, 0.6) is 23.0 Å². The molecule has 1 N–H and O–H groups in total. The number of carbonyl (C=O) groups excluding carboxylic acids is 1. The molecule has 2 fully saturated rings. The van der Waals surface area contributed by atoms with E-state index in [9.17, 15) is 4.79 Å². The highest BCUT2D eigenvalue weighted by Gasteiger charge is 2.28. The number of hydrogen-bond donors (Lipinski definition) is 1. The second-order valence-corrected chi connectivity index (χ2v) is 10.9. The fraction of sp³-hybridized carbons (Fsp3) is 0.375. The molecule has 7 rings (SSSR count). The third kappa shape index (κ3) is 5.01. The van der Waals surface area contributed by atoms with Gasteiger partial charge in [0.25, 0.3) is 0 Å². The average molecular weight is 555 g/mol. The van der Waals surface area contributed by atoms with Gasteiger partial charge in [-0.25, -0.2) is 9.78 Å². The number of nitrogens with zero attached hydrogens (tertiary/aromatic N) is 3. The van der Waals surface area contributed by atoms with Crippen LogP contribution in [0.2, 0.25) is 0 Å². The molecule has 1 saturated heterocycles. The highest BCUT2D eigenvalue weighted by Crippen LogP contribution is 2.39. The number of nitrogens with one attached hydrogen (secondary N) is 1. The summed E-state index contributed by atoms with van der Waals surface area (Å²) in [6, 6.07) is 17.6. The molecule has 0 spiro atoms. The van der Waals surface area contributed by atoms with Gasteiger partial charge in [0.1, 0.15) is 5.82 Å². The number of carbonyl (C=O) groups is 1. The fourth-order valence-electron chi connectivity index (χ4n) is 6.18. The van der Waals surface area contributed by atoms with Crippen molar-refractivity contribution in [1.82, 2.24) is 14.3 Å². The number of piperidine rings is 1. The number of imidazole rings is 1. The first kappa shape index (κ1) is 25.6. The summed E-state index contributed by atoms with van der Waals surface area (Å²) in [5.74, 6) is 4.13. The van der Waals surface area contributed by atoms with E-state index in [1.54, 1.807) is 7.11 Å². The molecule has 4 aromatic rings. The number of pyridine rings is 1. The second-order valence-electron chi connectivity index (χ2n) is 10.9. The van der Waals surface area contributed by atoms with E-state index in [2.05, 4.69) is 22.0 Å². The van der Waals surface area contributed by atoms with E-state index < -0.39 is 0 Å². The molecule has 2 aliphatic heterocycles. The number of rotatable bonds is 6. The molecule has 2 aromatic heterocycles. The zero-order chi connectivity index (χ0) is 27.8. The van der Waals surface area contributed by atoms with Crippen molar-refractivity contribution in [3.63, 3.8) is 0 Å². The maximum Gasteiger partial charge on any atom is 0.321 e. The number of benzene rings is 2. The van der Waals surface area contributed by atoms with Crippen LogP contribution >= 0.6 is 0 Å². The molecule has 1 saturated carbocycles. The lowest BCUT2D eigenvalue weighted by Crippen LogP contribution is -2.40. The van der Waals surface area contributed by atoms with Crippen molar-refractivity contribution in [2.45, 2.75) is 50.5 Å². The van der Waals surface area contributed by atoms with Crippen molar-refractivity contribution in [2.24, 2.45) is 0 Å². The number of urea groups is 1. The Hall–Kier alpha value is -4.40. The summed E-state index contributed by atoms with van der Waals surface area (Å²) in [5.41, 5.74) is 3.68. The number of fused-ring (bicyclic) bond motifs is 2. The topological polar surface area (TPSA) is 86.6 Å². The van der Waals surface area contributed by atoms with Gasteiger partial charge >= 0.3 is 6.03 Å². The molecule has 2 amide bonds. The molecule has 1 aliphatic carbocycles. The molecule has 9 nitrogen and oxygen atoms in total. The summed E-state index contributed by atoms with van der Waals surface area (Å²) < 4.78 is 25.0. The summed E-state index contributed by atoms with van der Waals surface area (Å²) in [5, 5.41) is 3.07. The van der Waals surface area contributed by atoms with E-state index in [1.807, 2.05) is 53.4 Å². The Balaban J connectivity index is 1.04. The summed E-state index contributed by atoms with van der Waals surface area (Å²) in [6.45, 7) is 1.55. The van der Waals surface area contributed by atoms with Gasteiger partial charge in [-0.15, -0.1) is 0 Å². The van der Waals surface area contributed by atoms with Crippen LogP contribution in [0.1, 0.15) is 50.3 Å². The first-order valence-electron chi connectivity index (χ1n) is 14.4. The number of methoxy groups -OCH3 is 1. The van der Waals surface area contributed by atoms with Crippen molar-refractivity contribution >= 4 is 17.2 Å². The van der Waals surface area contributed by atoms with E-state index >= 15 is 0 Å². The number of likely N-dealkylation sites (tertiary alicyclic amines) is 1. The normalized spacial score (nSPS) is 17.2. The number of hydrogen-bond acceptors (Lipinski definition) is 6. The lowest BCUT2D eigenvalue weighted by molar-refractivity contribution is 0.174. The van der Waals surface area contributed by atoms with Crippen molar-refractivity contribution in [1.29, 1.82) is 0 Å². The van der Waals surface area contributed by atoms with Crippen LogP contribution in [0, 0.1) is 0 Å². The van der Waals surface area contributed by atoms with Crippen molar-refractivity contribution < 1.29 is 23.7 Å². The van der Waals surface area contributed by atoms with Gasteiger partial charge in [0.05, 0.1) is 24.4 Å². The Kier molecular flexibility index (Phi) is 6.78. The minimum absolute atomic E-state index is 0.102. The second kappa shape index (κ2) is 10.9.